The number of methoxy groups -OCH3 is 1. The number of aromatic nitrogens is 3. The molecule has 0 saturated carbocycles. The van der Waals surface area contributed by atoms with Crippen molar-refractivity contribution in [3.63, 3.8) is 0 Å². The number of hydrogen-bond donors (Lipinski definition) is 3. The number of anilines is 5. The van der Waals surface area contributed by atoms with Crippen LogP contribution in [0.25, 0.3) is 11.0 Å². The number of nitrogens with zero attached hydrogens (tertiary/aromatic N) is 5. The number of primary amides is 1. The second-order valence-corrected chi connectivity index (χ2v) is 13.8. The molecule has 0 radical (unpaired) electrons. The number of aryl methyl sites for hydroxylation is 2. The van der Waals surface area contributed by atoms with Gasteiger partial charge in [0.15, 0.2) is 5.65 Å². The summed E-state index contributed by atoms with van der Waals surface area (Å²) in [5.74, 6) is -1.44. The lowest BCUT2D eigenvalue weighted by Gasteiger charge is -2.21. The van der Waals surface area contributed by atoms with E-state index in [9.17, 15) is 22.4 Å². The molecule has 0 bridgehead atoms. The van der Waals surface area contributed by atoms with Crippen LogP contribution in [0.1, 0.15) is 27.0 Å². The quantitative estimate of drug-likeness (QED) is 0.191. The molecule has 254 valence electrons. The molecule has 1 aliphatic rings. The Labute approximate surface area is 282 Å². The summed E-state index contributed by atoms with van der Waals surface area (Å²) in [6.07, 6.45) is 2.06. The minimum Gasteiger partial charge on any atom is -0.495 e. The minimum absolute atomic E-state index is 0.0121. The van der Waals surface area contributed by atoms with Crippen LogP contribution in [0.5, 0.6) is 5.75 Å². The third-order valence-corrected chi connectivity index (χ3v) is 9.85. The van der Waals surface area contributed by atoms with E-state index >= 15 is 0 Å². The van der Waals surface area contributed by atoms with Crippen molar-refractivity contribution in [3.05, 3.63) is 88.9 Å². The van der Waals surface area contributed by atoms with Crippen molar-refractivity contribution in [3.8, 4) is 5.75 Å². The number of benzene rings is 3. The average Bonchev–Trinajstić information content (AvgIpc) is 3.61. The Morgan fingerprint density at radius 2 is 1.78 bits per heavy atom. The zero-order valence-corrected chi connectivity index (χ0v) is 28.4. The van der Waals surface area contributed by atoms with Gasteiger partial charge < -0.3 is 30.9 Å². The van der Waals surface area contributed by atoms with Crippen LogP contribution in [0.15, 0.2) is 65.7 Å². The SMILES string of the molecule is COc1cc2c(cc1Nc1nc(Nc3cccc(F)c3C(N)=O)c3c(C)cn(S(=O)(=O)c4ccc(C)cc4)c3n1)N(C(=O)CN(C)C)CC2. The van der Waals surface area contributed by atoms with Crippen molar-refractivity contribution in [2.45, 2.75) is 25.2 Å². The topological polar surface area (TPSA) is 165 Å². The second-order valence-electron chi connectivity index (χ2n) is 12.0. The first-order chi connectivity index (χ1) is 23.3. The summed E-state index contributed by atoms with van der Waals surface area (Å²) in [4.78, 5) is 38.2. The zero-order chi connectivity index (χ0) is 35.2. The van der Waals surface area contributed by atoms with E-state index in [2.05, 4.69) is 20.6 Å². The van der Waals surface area contributed by atoms with Crippen molar-refractivity contribution in [1.29, 1.82) is 0 Å². The predicted octanol–water partition coefficient (Wildman–Crippen LogP) is 4.47. The van der Waals surface area contributed by atoms with Crippen molar-refractivity contribution >= 4 is 61.7 Å². The molecule has 15 heteroatoms. The van der Waals surface area contributed by atoms with Crippen molar-refractivity contribution < 1.29 is 27.1 Å². The number of rotatable bonds is 10. The van der Waals surface area contributed by atoms with E-state index in [4.69, 9.17) is 10.5 Å². The zero-order valence-electron chi connectivity index (χ0n) is 27.5. The maximum Gasteiger partial charge on any atom is 0.269 e. The first-order valence-electron chi connectivity index (χ1n) is 15.3. The van der Waals surface area contributed by atoms with Gasteiger partial charge in [-0.3, -0.25) is 9.59 Å². The Bertz CT molecular complexity index is 2240. The van der Waals surface area contributed by atoms with Gasteiger partial charge in [-0.2, -0.15) is 9.97 Å². The third kappa shape index (κ3) is 6.25. The number of fused-ring (bicyclic) bond motifs is 2. The van der Waals surface area contributed by atoms with Crippen molar-refractivity contribution in [2.75, 3.05) is 49.8 Å². The number of halogens is 1. The number of hydrogen-bond acceptors (Lipinski definition) is 10. The maximum atomic E-state index is 14.8. The molecule has 2 aromatic heterocycles. The van der Waals surface area contributed by atoms with Crippen LogP contribution in [0.2, 0.25) is 0 Å². The highest BCUT2D eigenvalue weighted by molar-refractivity contribution is 7.90. The summed E-state index contributed by atoms with van der Waals surface area (Å²) in [7, 11) is 0.995. The monoisotopic (exact) mass is 686 g/mol. The fourth-order valence-corrected chi connectivity index (χ4v) is 7.21. The Balaban J connectivity index is 1.53. The lowest BCUT2D eigenvalue weighted by atomic mass is 10.1. The van der Waals surface area contributed by atoms with E-state index in [0.717, 1.165) is 21.2 Å². The van der Waals surface area contributed by atoms with Gasteiger partial charge in [0, 0.05) is 18.4 Å². The summed E-state index contributed by atoms with van der Waals surface area (Å²) < 4.78 is 49.5. The highest BCUT2D eigenvalue weighted by Gasteiger charge is 2.29. The van der Waals surface area contributed by atoms with Crippen LogP contribution >= 0.6 is 0 Å². The molecule has 0 fully saturated rings. The summed E-state index contributed by atoms with van der Waals surface area (Å²) in [6, 6.07) is 14.0. The summed E-state index contributed by atoms with van der Waals surface area (Å²) in [5, 5.41) is 6.45. The molecule has 5 aromatic rings. The Hall–Kier alpha value is -5.54. The Morgan fingerprint density at radius 1 is 1.04 bits per heavy atom. The summed E-state index contributed by atoms with van der Waals surface area (Å²) >= 11 is 0. The first kappa shape index (κ1) is 33.4. The van der Waals surface area contributed by atoms with Gasteiger partial charge in [-0.05, 0) is 81.9 Å². The normalized spacial score (nSPS) is 12.8. The van der Waals surface area contributed by atoms with Gasteiger partial charge in [0.2, 0.25) is 11.9 Å². The number of carbonyl (C=O) groups excluding carboxylic acids is 2. The first-order valence-corrected chi connectivity index (χ1v) is 16.7. The van der Waals surface area contributed by atoms with E-state index in [1.807, 2.05) is 27.1 Å². The molecule has 6 rings (SSSR count). The number of likely N-dealkylation sites (N-methyl/N-ethyl adjacent to an activating group) is 1. The molecule has 0 unspecified atom stereocenters. The highest BCUT2D eigenvalue weighted by Crippen LogP contribution is 2.40. The average molecular weight is 687 g/mol. The lowest BCUT2D eigenvalue weighted by molar-refractivity contribution is -0.119. The Kier molecular flexibility index (Phi) is 8.73. The van der Waals surface area contributed by atoms with E-state index < -0.39 is 27.3 Å². The molecule has 3 heterocycles. The van der Waals surface area contributed by atoms with Crippen LogP contribution in [0.4, 0.5) is 33.2 Å². The van der Waals surface area contributed by atoms with Gasteiger partial charge in [-0.1, -0.05) is 23.8 Å². The standard InChI is InChI=1S/C34H35FN8O5S/c1-19-9-11-22(12-10-19)49(46,47)43-17-20(2)29-32(37-24-8-6-7-23(35)30(24)31(36)45)39-34(40-33(29)43)38-25-16-26-21(15-27(25)48-5)13-14-42(26)28(44)18-41(3)4/h6-12,15-17H,13-14,18H2,1-5H3,(H2,36,45)(H2,37,38,39,40). The largest absolute Gasteiger partial charge is 0.495 e. The second kappa shape index (κ2) is 12.8. The molecule has 3 aromatic carbocycles. The third-order valence-electron chi connectivity index (χ3n) is 8.19. The molecule has 0 saturated heterocycles. The predicted molar refractivity (Wildman–Crippen MR) is 185 cm³/mol. The van der Waals surface area contributed by atoms with Gasteiger partial charge in [-0.15, -0.1) is 0 Å². The van der Waals surface area contributed by atoms with Gasteiger partial charge >= 0.3 is 0 Å². The number of nitrogens with one attached hydrogen (secondary N) is 2. The van der Waals surface area contributed by atoms with Crippen LogP contribution in [-0.4, -0.2) is 73.4 Å². The number of carbonyl (C=O) groups is 2. The highest BCUT2D eigenvalue weighted by atomic mass is 32.2. The van der Waals surface area contributed by atoms with E-state index in [-0.39, 0.29) is 40.4 Å². The molecule has 1 aliphatic heterocycles. The molecule has 0 aliphatic carbocycles. The maximum absolute atomic E-state index is 14.8. The van der Waals surface area contributed by atoms with Crippen molar-refractivity contribution in [2.24, 2.45) is 5.73 Å². The summed E-state index contributed by atoms with van der Waals surface area (Å²) in [5.41, 5.74) is 8.58. The molecular formula is C34H35FN8O5S. The van der Waals surface area contributed by atoms with Crippen LogP contribution in [0.3, 0.4) is 0 Å². The lowest BCUT2D eigenvalue weighted by Crippen LogP contribution is -2.36. The number of amides is 2. The fourth-order valence-electron chi connectivity index (χ4n) is 5.85. The van der Waals surface area contributed by atoms with Crippen LogP contribution < -0.4 is 26.0 Å². The van der Waals surface area contributed by atoms with Gasteiger partial charge in [0.25, 0.3) is 15.9 Å². The molecule has 49 heavy (non-hydrogen) atoms. The molecular weight excluding hydrogens is 651 g/mol. The number of ether oxygens (including phenoxy) is 1. The van der Waals surface area contributed by atoms with Gasteiger partial charge in [0.1, 0.15) is 17.4 Å². The van der Waals surface area contributed by atoms with Gasteiger partial charge in [0.05, 0.1) is 40.9 Å². The summed E-state index contributed by atoms with van der Waals surface area (Å²) in [6.45, 7) is 4.27. The number of nitrogens with two attached hydrogens (primary N) is 1. The molecule has 4 N–H and O–H groups in total. The van der Waals surface area contributed by atoms with Crippen LogP contribution in [-0.2, 0) is 21.2 Å². The minimum atomic E-state index is -4.15. The van der Waals surface area contributed by atoms with Crippen LogP contribution in [0, 0.1) is 19.7 Å². The molecule has 0 spiro atoms. The van der Waals surface area contributed by atoms with E-state index in [0.29, 0.717) is 41.0 Å². The molecule has 13 nitrogen and oxygen atoms in total. The van der Waals surface area contributed by atoms with E-state index in [1.165, 1.54) is 37.6 Å². The van der Waals surface area contributed by atoms with E-state index in [1.54, 1.807) is 34.9 Å². The fraction of sp³-hybridized carbons (Fsp3) is 0.235. The van der Waals surface area contributed by atoms with Crippen molar-refractivity contribution in [1.82, 2.24) is 18.8 Å². The smallest absolute Gasteiger partial charge is 0.269 e. The molecule has 2 amide bonds. The molecule has 0 atom stereocenters. The van der Waals surface area contributed by atoms with Gasteiger partial charge in [-0.25, -0.2) is 16.8 Å². The Morgan fingerprint density at radius 3 is 2.45 bits per heavy atom.